The average molecular weight is 118 g/mol. The van der Waals surface area contributed by atoms with Crippen molar-refractivity contribution in [2.24, 2.45) is 0 Å². The van der Waals surface area contributed by atoms with Gasteiger partial charge in [0.1, 0.15) is 5.25 Å². The van der Waals surface area contributed by atoms with Crippen molar-refractivity contribution in [2.75, 3.05) is 6.61 Å². The van der Waals surface area contributed by atoms with Crippen LogP contribution < -0.4 is 0 Å². The van der Waals surface area contributed by atoms with Crippen molar-refractivity contribution in [1.82, 2.24) is 0 Å². The van der Waals surface area contributed by atoms with E-state index in [0.29, 0.717) is 6.61 Å². The molecule has 3 heteroatoms. The van der Waals surface area contributed by atoms with Crippen molar-refractivity contribution in [2.45, 2.75) is 11.7 Å². The largest absolute Gasteiger partial charge is 0.465 e. The molecule has 0 aromatic carbocycles. The van der Waals surface area contributed by atoms with Gasteiger partial charge >= 0.3 is 5.97 Å². The van der Waals surface area contributed by atoms with Crippen LogP contribution in [0.4, 0.5) is 0 Å². The molecule has 1 aliphatic heterocycles. The van der Waals surface area contributed by atoms with E-state index in [9.17, 15) is 4.79 Å². The van der Waals surface area contributed by atoms with Crippen LogP contribution in [0, 0.1) is 0 Å². The molecular weight excluding hydrogens is 112 g/mol. The van der Waals surface area contributed by atoms with Crippen molar-refractivity contribution in [1.29, 1.82) is 0 Å². The summed E-state index contributed by atoms with van der Waals surface area (Å²) in [5, 5.41) is -0.153. The van der Waals surface area contributed by atoms with Crippen molar-refractivity contribution >= 4 is 18.6 Å². The molecule has 1 heterocycles. The first-order chi connectivity index (χ1) is 3.30. The monoisotopic (exact) mass is 118 g/mol. The Morgan fingerprint density at radius 1 is 1.86 bits per heavy atom. The summed E-state index contributed by atoms with van der Waals surface area (Å²) in [6, 6.07) is 0. The maximum atomic E-state index is 10.3. The third-order valence-corrected chi connectivity index (χ3v) is 1.38. The Morgan fingerprint density at radius 3 is 2.71 bits per heavy atom. The van der Waals surface area contributed by atoms with Gasteiger partial charge in [0.05, 0.1) is 6.61 Å². The molecule has 2 nitrogen and oxygen atoms in total. The highest BCUT2D eigenvalue weighted by Crippen LogP contribution is 2.10. The lowest BCUT2D eigenvalue weighted by atomic mass is 10.4. The number of ether oxygens (including phenoxy) is 1. The van der Waals surface area contributed by atoms with E-state index >= 15 is 0 Å². The molecule has 0 saturated carbocycles. The second-order valence-electron chi connectivity index (χ2n) is 1.47. The maximum Gasteiger partial charge on any atom is 0.318 e. The number of carbonyl (C=O) groups excluding carboxylic acids is 1. The van der Waals surface area contributed by atoms with Crippen LogP contribution in [-0.4, -0.2) is 17.8 Å². The number of thiol groups is 1. The van der Waals surface area contributed by atoms with Gasteiger partial charge in [-0.25, -0.2) is 0 Å². The van der Waals surface area contributed by atoms with Gasteiger partial charge in [-0.05, 0) is 0 Å². The van der Waals surface area contributed by atoms with Crippen LogP contribution in [0.3, 0.4) is 0 Å². The van der Waals surface area contributed by atoms with Crippen molar-refractivity contribution in [3.8, 4) is 0 Å². The topological polar surface area (TPSA) is 26.3 Å². The summed E-state index contributed by atoms with van der Waals surface area (Å²) in [5.74, 6) is -0.177. The Labute approximate surface area is 47.3 Å². The molecule has 0 bridgehead atoms. The summed E-state index contributed by atoms with van der Waals surface area (Å²) >= 11 is 3.91. The van der Waals surface area contributed by atoms with Crippen LogP contribution in [0.5, 0.6) is 0 Å². The molecular formula is C4H6O2S. The van der Waals surface area contributed by atoms with Crippen LogP contribution in [-0.2, 0) is 9.53 Å². The summed E-state index contributed by atoms with van der Waals surface area (Å²) in [5.41, 5.74) is 0. The highest BCUT2D eigenvalue weighted by atomic mass is 32.1. The van der Waals surface area contributed by atoms with E-state index in [1.807, 2.05) is 0 Å². The van der Waals surface area contributed by atoms with Gasteiger partial charge in [-0.1, -0.05) is 0 Å². The normalized spacial score (nSPS) is 30.4. The first-order valence-corrected chi connectivity index (χ1v) is 2.67. The molecule has 0 spiro atoms. The third kappa shape index (κ3) is 0.881. The number of cyclic esters (lactones) is 1. The molecule has 1 aliphatic rings. The van der Waals surface area contributed by atoms with E-state index in [1.54, 1.807) is 0 Å². The second kappa shape index (κ2) is 1.74. The molecule has 1 fully saturated rings. The first kappa shape index (κ1) is 4.97. The lowest BCUT2D eigenvalue weighted by molar-refractivity contribution is -0.137. The van der Waals surface area contributed by atoms with Gasteiger partial charge in [0.15, 0.2) is 0 Å². The van der Waals surface area contributed by atoms with Gasteiger partial charge in [-0.15, -0.1) is 0 Å². The molecule has 0 aliphatic carbocycles. The van der Waals surface area contributed by atoms with Gasteiger partial charge in [0, 0.05) is 6.42 Å². The summed E-state index contributed by atoms with van der Waals surface area (Å²) in [4.78, 5) is 10.3. The van der Waals surface area contributed by atoms with Crippen molar-refractivity contribution in [3.05, 3.63) is 0 Å². The minimum Gasteiger partial charge on any atom is -0.465 e. The Bertz CT molecular complexity index is 91.7. The molecule has 0 aromatic rings. The van der Waals surface area contributed by atoms with Gasteiger partial charge in [-0.3, -0.25) is 4.79 Å². The summed E-state index contributed by atoms with van der Waals surface area (Å²) < 4.78 is 4.55. The summed E-state index contributed by atoms with van der Waals surface area (Å²) in [6.45, 7) is 0.549. The fraction of sp³-hybridized carbons (Fsp3) is 0.750. The van der Waals surface area contributed by atoms with Gasteiger partial charge in [0.2, 0.25) is 0 Å². The highest BCUT2D eigenvalue weighted by molar-refractivity contribution is 7.81. The number of hydrogen-bond acceptors (Lipinski definition) is 3. The third-order valence-electron chi connectivity index (χ3n) is 0.908. The van der Waals surface area contributed by atoms with Gasteiger partial charge in [-0.2, -0.15) is 12.6 Å². The van der Waals surface area contributed by atoms with E-state index in [0.717, 1.165) is 6.42 Å². The van der Waals surface area contributed by atoms with Crippen LogP contribution in [0.2, 0.25) is 0 Å². The summed E-state index contributed by atoms with van der Waals surface area (Å²) in [7, 11) is 0. The summed E-state index contributed by atoms with van der Waals surface area (Å²) in [6.07, 6.45) is 0.766. The molecule has 1 rings (SSSR count). The highest BCUT2D eigenvalue weighted by Gasteiger charge is 2.21. The van der Waals surface area contributed by atoms with Gasteiger partial charge < -0.3 is 4.74 Å². The molecule has 40 valence electrons. The van der Waals surface area contributed by atoms with Crippen molar-refractivity contribution < 1.29 is 9.53 Å². The van der Waals surface area contributed by atoms with Crippen molar-refractivity contribution in [3.63, 3.8) is 0 Å². The number of carbonyl (C=O) groups is 1. The lowest BCUT2D eigenvalue weighted by Gasteiger charge is -1.88. The molecule has 1 saturated heterocycles. The smallest absolute Gasteiger partial charge is 0.318 e. The van der Waals surface area contributed by atoms with E-state index in [2.05, 4.69) is 17.4 Å². The minimum atomic E-state index is -0.177. The average Bonchev–Trinajstić information content (AvgIpc) is 1.91. The van der Waals surface area contributed by atoms with Crippen LogP contribution in [0.25, 0.3) is 0 Å². The zero-order valence-electron chi connectivity index (χ0n) is 3.76. The zero-order valence-corrected chi connectivity index (χ0v) is 4.65. The predicted molar refractivity (Wildman–Crippen MR) is 28.3 cm³/mol. The molecule has 7 heavy (non-hydrogen) atoms. The second-order valence-corrected chi connectivity index (χ2v) is 2.10. The van der Waals surface area contributed by atoms with E-state index in [-0.39, 0.29) is 11.2 Å². The minimum absolute atomic E-state index is 0.153. The van der Waals surface area contributed by atoms with Gasteiger partial charge in [0.25, 0.3) is 0 Å². The fourth-order valence-corrected chi connectivity index (χ4v) is 0.665. The molecule has 0 aromatic heterocycles. The maximum absolute atomic E-state index is 10.3. The Kier molecular flexibility index (Phi) is 1.23. The molecule has 0 radical (unpaired) electrons. The van der Waals surface area contributed by atoms with E-state index in [4.69, 9.17) is 0 Å². The first-order valence-electron chi connectivity index (χ1n) is 2.15. The lowest BCUT2D eigenvalue weighted by Crippen LogP contribution is -2.04. The van der Waals surface area contributed by atoms with Crippen LogP contribution in [0.15, 0.2) is 0 Å². The number of esters is 1. The zero-order chi connectivity index (χ0) is 5.28. The number of hydrogen-bond donors (Lipinski definition) is 1. The van der Waals surface area contributed by atoms with Crippen LogP contribution >= 0.6 is 12.6 Å². The van der Waals surface area contributed by atoms with Crippen LogP contribution in [0.1, 0.15) is 6.42 Å². The quantitative estimate of drug-likeness (QED) is 0.364. The SMILES string of the molecule is O=C1OCC[C@H]1S. The Hall–Kier alpha value is -0.180. The Balaban J connectivity index is 2.48. The molecule has 1 atom stereocenters. The standard InChI is InChI=1S/C4H6O2S/c5-4-3(7)1-2-6-4/h3,7H,1-2H2/t3-/m1/s1. The molecule has 0 unspecified atom stereocenters. The Morgan fingerprint density at radius 2 is 2.57 bits per heavy atom. The fourth-order valence-electron chi connectivity index (χ4n) is 0.485. The predicted octanol–water partition coefficient (Wildman–Crippen LogP) is 0.232. The molecule has 0 N–H and O–H groups in total. The number of rotatable bonds is 0. The molecule has 0 amide bonds. The van der Waals surface area contributed by atoms with E-state index < -0.39 is 0 Å². The van der Waals surface area contributed by atoms with E-state index in [1.165, 1.54) is 0 Å².